The summed E-state index contributed by atoms with van der Waals surface area (Å²) in [4.78, 5) is 12.7. The molecular formula is C21H21FN2O2. The molecule has 0 spiro atoms. The van der Waals surface area contributed by atoms with E-state index in [2.05, 4.69) is 5.32 Å². The van der Waals surface area contributed by atoms with Gasteiger partial charge in [0.2, 0.25) is 0 Å². The molecule has 1 aromatic heterocycles. The fraction of sp³-hybridized carbons (Fsp3) is 0.190. The maximum Gasteiger partial charge on any atom is 0.253 e. The van der Waals surface area contributed by atoms with Crippen molar-refractivity contribution in [3.63, 3.8) is 0 Å². The molecule has 1 N–H and O–H groups in total. The number of hydrogen-bond donors (Lipinski definition) is 1. The highest BCUT2D eigenvalue weighted by molar-refractivity contribution is 5.95. The van der Waals surface area contributed by atoms with E-state index in [0.29, 0.717) is 23.5 Å². The highest BCUT2D eigenvalue weighted by Crippen LogP contribution is 2.23. The second kappa shape index (κ2) is 7.44. The first-order valence-corrected chi connectivity index (χ1v) is 8.37. The fourth-order valence-electron chi connectivity index (χ4n) is 3.12. The molecule has 1 heterocycles. The van der Waals surface area contributed by atoms with Crippen LogP contribution in [0.3, 0.4) is 0 Å². The van der Waals surface area contributed by atoms with Crippen molar-refractivity contribution in [1.82, 2.24) is 9.88 Å². The van der Waals surface area contributed by atoms with Crippen molar-refractivity contribution in [3.8, 4) is 11.4 Å². The van der Waals surface area contributed by atoms with Gasteiger partial charge in [-0.2, -0.15) is 0 Å². The number of benzene rings is 2. The third kappa shape index (κ3) is 3.33. The van der Waals surface area contributed by atoms with Crippen molar-refractivity contribution in [2.45, 2.75) is 20.4 Å². The number of para-hydroxylation sites is 2. The molecule has 0 bridgehead atoms. The quantitative estimate of drug-likeness (QED) is 0.749. The zero-order valence-corrected chi connectivity index (χ0v) is 15.0. The van der Waals surface area contributed by atoms with Gasteiger partial charge in [0.15, 0.2) is 0 Å². The van der Waals surface area contributed by atoms with Gasteiger partial charge in [-0.3, -0.25) is 4.79 Å². The van der Waals surface area contributed by atoms with Gasteiger partial charge in [-0.15, -0.1) is 0 Å². The monoisotopic (exact) mass is 352 g/mol. The number of carbonyl (C=O) groups excluding carboxylic acids is 1. The lowest BCUT2D eigenvalue weighted by molar-refractivity contribution is 0.0950. The summed E-state index contributed by atoms with van der Waals surface area (Å²) >= 11 is 0. The van der Waals surface area contributed by atoms with Crippen molar-refractivity contribution in [1.29, 1.82) is 0 Å². The van der Waals surface area contributed by atoms with Crippen molar-refractivity contribution in [2.24, 2.45) is 0 Å². The number of hydrogen-bond acceptors (Lipinski definition) is 2. The molecule has 134 valence electrons. The fourth-order valence-corrected chi connectivity index (χ4v) is 3.12. The molecule has 3 rings (SSSR count). The van der Waals surface area contributed by atoms with E-state index in [9.17, 15) is 9.18 Å². The van der Waals surface area contributed by atoms with Crippen molar-refractivity contribution < 1.29 is 13.9 Å². The second-order valence-corrected chi connectivity index (χ2v) is 6.07. The van der Waals surface area contributed by atoms with E-state index in [0.717, 1.165) is 17.0 Å². The van der Waals surface area contributed by atoms with Crippen LogP contribution in [0.1, 0.15) is 27.3 Å². The Morgan fingerprint density at radius 3 is 2.54 bits per heavy atom. The van der Waals surface area contributed by atoms with Crippen LogP contribution in [0.15, 0.2) is 54.6 Å². The van der Waals surface area contributed by atoms with Crippen molar-refractivity contribution >= 4 is 5.91 Å². The van der Waals surface area contributed by atoms with E-state index in [1.165, 1.54) is 6.07 Å². The summed E-state index contributed by atoms with van der Waals surface area (Å²) in [7, 11) is 1.60. The second-order valence-electron chi connectivity index (χ2n) is 6.07. The maximum atomic E-state index is 14.2. The highest BCUT2D eigenvalue weighted by Gasteiger charge is 2.18. The lowest BCUT2D eigenvalue weighted by Crippen LogP contribution is -2.23. The number of nitrogens with one attached hydrogen (secondary N) is 1. The average Bonchev–Trinajstić information content (AvgIpc) is 2.95. The first-order valence-electron chi connectivity index (χ1n) is 8.37. The SMILES string of the molecule is COc1ccccc1CNC(=O)c1cc(C)n(-c2ccccc2F)c1C. The molecular weight excluding hydrogens is 331 g/mol. The summed E-state index contributed by atoms with van der Waals surface area (Å²) in [6.07, 6.45) is 0. The Kier molecular flexibility index (Phi) is 5.07. The van der Waals surface area contributed by atoms with E-state index in [1.54, 1.807) is 35.9 Å². The molecule has 1 amide bonds. The zero-order valence-electron chi connectivity index (χ0n) is 15.0. The van der Waals surface area contributed by atoms with Gasteiger partial charge in [0.05, 0.1) is 18.4 Å². The normalized spacial score (nSPS) is 10.6. The summed E-state index contributed by atoms with van der Waals surface area (Å²) in [5.41, 5.74) is 3.36. The van der Waals surface area contributed by atoms with Crippen LogP contribution < -0.4 is 10.1 Å². The number of ether oxygens (including phenoxy) is 1. The summed E-state index contributed by atoms with van der Waals surface area (Å²) in [5.74, 6) is 0.200. The molecule has 0 fully saturated rings. The molecule has 0 saturated heterocycles. The minimum absolute atomic E-state index is 0.202. The Morgan fingerprint density at radius 2 is 1.81 bits per heavy atom. The molecule has 4 nitrogen and oxygen atoms in total. The van der Waals surface area contributed by atoms with Gasteiger partial charge in [0, 0.05) is 23.5 Å². The first kappa shape index (κ1) is 17.7. The lowest BCUT2D eigenvalue weighted by atomic mass is 10.2. The van der Waals surface area contributed by atoms with E-state index in [4.69, 9.17) is 4.74 Å². The Balaban J connectivity index is 1.85. The summed E-state index contributed by atoms with van der Waals surface area (Å²) in [6.45, 7) is 4.03. The van der Waals surface area contributed by atoms with Crippen molar-refractivity contribution in [3.05, 3.63) is 82.9 Å². The van der Waals surface area contributed by atoms with Crippen LogP contribution >= 0.6 is 0 Å². The third-order valence-electron chi connectivity index (χ3n) is 4.40. The smallest absolute Gasteiger partial charge is 0.253 e. The number of halogens is 1. The molecule has 0 unspecified atom stereocenters. The van der Waals surface area contributed by atoms with Crippen molar-refractivity contribution in [2.75, 3.05) is 7.11 Å². The molecule has 0 atom stereocenters. The summed E-state index contributed by atoms with van der Waals surface area (Å²) in [6, 6.07) is 15.8. The average molecular weight is 352 g/mol. The zero-order chi connectivity index (χ0) is 18.7. The Bertz CT molecular complexity index is 947. The van der Waals surface area contributed by atoms with Gasteiger partial charge >= 0.3 is 0 Å². The number of rotatable bonds is 5. The minimum Gasteiger partial charge on any atom is -0.496 e. The number of carbonyl (C=O) groups is 1. The molecule has 0 aliphatic heterocycles. The molecule has 5 heteroatoms. The van der Waals surface area contributed by atoms with Crippen LogP contribution in [0, 0.1) is 19.7 Å². The molecule has 0 saturated carbocycles. The molecule has 0 aliphatic carbocycles. The number of amides is 1. The molecule has 0 aliphatic rings. The number of methoxy groups -OCH3 is 1. The van der Waals surface area contributed by atoms with Crippen LogP contribution in [-0.4, -0.2) is 17.6 Å². The van der Waals surface area contributed by atoms with Crippen LogP contribution in [-0.2, 0) is 6.54 Å². The molecule has 3 aromatic rings. The van der Waals surface area contributed by atoms with Crippen LogP contribution in [0.4, 0.5) is 4.39 Å². The van der Waals surface area contributed by atoms with E-state index >= 15 is 0 Å². The maximum absolute atomic E-state index is 14.2. The molecule has 0 radical (unpaired) electrons. The van der Waals surface area contributed by atoms with Gasteiger partial charge in [-0.25, -0.2) is 4.39 Å². The first-order chi connectivity index (χ1) is 12.5. The number of aryl methyl sites for hydroxylation is 1. The minimum atomic E-state index is -0.324. The van der Waals surface area contributed by atoms with Gasteiger partial charge in [-0.05, 0) is 38.1 Å². The lowest BCUT2D eigenvalue weighted by Gasteiger charge is -2.11. The number of nitrogens with zero attached hydrogens (tertiary/aromatic N) is 1. The predicted octanol–water partition coefficient (Wildman–Crippen LogP) is 4.17. The predicted molar refractivity (Wildman–Crippen MR) is 99.4 cm³/mol. The van der Waals surface area contributed by atoms with E-state index in [1.807, 2.05) is 38.1 Å². The topological polar surface area (TPSA) is 43.3 Å². The summed E-state index contributed by atoms with van der Waals surface area (Å²) in [5, 5.41) is 2.91. The molecule has 2 aromatic carbocycles. The van der Waals surface area contributed by atoms with Gasteiger partial charge in [0.25, 0.3) is 5.91 Å². The highest BCUT2D eigenvalue weighted by atomic mass is 19.1. The number of aromatic nitrogens is 1. The van der Waals surface area contributed by atoms with Crippen LogP contribution in [0.25, 0.3) is 5.69 Å². The van der Waals surface area contributed by atoms with Gasteiger partial charge < -0.3 is 14.6 Å². The van der Waals surface area contributed by atoms with Crippen LogP contribution in [0.5, 0.6) is 5.75 Å². The Morgan fingerprint density at radius 1 is 1.12 bits per heavy atom. The van der Waals surface area contributed by atoms with Gasteiger partial charge in [-0.1, -0.05) is 30.3 Å². The molecule has 26 heavy (non-hydrogen) atoms. The third-order valence-corrected chi connectivity index (χ3v) is 4.40. The Labute approximate surface area is 152 Å². The van der Waals surface area contributed by atoms with Crippen LogP contribution in [0.2, 0.25) is 0 Å². The van der Waals surface area contributed by atoms with E-state index in [-0.39, 0.29) is 11.7 Å². The largest absolute Gasteiger partial charge is 0.496 e. The summed E-state index contributed by atoms with van der Waals surface area (Å²) < 4.78 is 21.2. The van der Waals surface area contributed by atoms with Gasteiger partial charge in [0.1, 0.15) is 11.6 Å². The standard InChI is InChI=1S/C21H21FN2O2/c1-14-12-17(15(2)24(14)19-10-6-5-9-18(19)22)21(25)23-13-16-8-4-7-11-20(16)26-3/h4-12H,13H2,1-3H3,(H,23,25). The Hall–Kier alpha value is -3.08. The van der Waals surface area contributed by atoms with E-state index < -0.39 is 0 Å².